The molecule has 0 saturated carbocycles. The van der Waals surface area contributed by atoms with Crippen molar-refractivity contribution < 1.29 is 4.79 Å². The molecule has 0 unspecified atom stereocenters. The Balaban J connectivity index is 1.47. The van der Waals surface area contributed by atoms with E-state index in [1.165, 1.54) is 17.6 Å². The van der Waals surface area contributed by atoms with Gasteiger partial charge in [-0.1, -0.05) is 40.9 Å². The van der Waals surface area contributed by atoms with Crippen molar-refractivity contribution in [1.29, 1.82) is 0 Å². The van der Waals surface area contributed by atoms with Crippen molar-refractivity contribution in [2.24, 2.45) is 0 Å². The minimum atomic E-state index is -0.194. The highest BCUT2D eigenvalue weighted by atomic mass is 32.1. The van der Waals surface area contributed by atoms with E-state index in [1.807, 2.05) is 60.0 Å². The molecular formula is C20H14N4OS. The number of carbonyl (C=O) groups excluding carboxylic acids is 1. The number of amides is 1. The summed E-state index contributed by atoms with van der Waals surface area (Å²) in [5.74, 6) is -0.194. The average Bonchev–Trinajstić information content (AvgIpc) is 3.22. The van der Waals surface area contributed by atoms with Crippen molar-refractivity contribution in [2.45, 2.75) is 0 Å². The van der Waals surface area contributed by atoms with E-state index in [9.17, 15) is 4.79 Å². The monoisotopic (exact) mass is 358 g/mol. The lowest BCUT2D eigenvalue weighted by molar-refractivity contribution is -0.111. The molecular weight excluding hydrogens is 344 g/mol. The number of hydrogen-bond donors (Lipinski definition) is 1. The number of anilines is 1. The van der Waals surface area contributed by atoms with Gasteiger partial charge in [-0.25, -0.2) is 0 Å². The molecule has 2 aromatic carbocycles. The fraction of sp³-hybridized carbons (Fsp3) is 0. The molecule has 0 aliphatic heterocycles. The topological polar surface area (TPSA) is 67.8 Å². The van der Waals surface area contributed by atoms with Gasteiger partial charge in [-0.3, -0.25) is 9.78 Å². The van der Waals surface area contributed by atoms with Crippen molar-refractivity contribution in [3.05, 3.63) is 77.8 Å². The lowest BCUT2D eigenvalue weighted by Gasteiger charge is -2.04. The first kappa shape index (κ1) is 16.1. The zero-order valence-corrected chi connectivity index (χ0v) is 14.5. The van der Waals surface area contributed by atoms with Crippen LogP contribution < -0.4 is 5.32 Å². The quantitative estimate of drug-likeness (QED) is 0.549. The summed E-state index contributed by atoms with van der Waals surface area (Å²) < 4.78 is 3.85. The van der Waals surface area contributed by atoms with Gasteiger partial charge < -0.3 is 5.32 Å². The fourth-order valence-corrected chi connectivity index (χ4v) is 3.09. The van der Waals surface area contributed by atoms with Crippen LogP contribution in [-0.4, -0.2) is 20.5 Å². The first-order valence-electron chi connectivity index (χ1n) is 8.00. The number of rotatable bonds is 4. The van der Waals surface area contributed by atoms with Gasteiger partial charge in [0.1, 0.15) is 5.69 Å². The molecule has 4 rings (SSSR count). The summed E-state index contributed by atoms with van der Waals surface area (Å²) >= 11 is 1.31. The van der Waals surface area contributed by atoms with Crippen LogP contribution in [-0.2, 0) is 4.79 Å². The van der Waals surface area contributed by atoms with Gasteiger partial charge in [-0.2, -0.15) is 0 Å². The molecule has 1 N–H and O–H groups in total. The summed E-state index contributed by atoms with van der Waals surface area (Å²) in [6.07, 6.45) is 5.04. The van der Waals surface area contributed by atoms with Gasteiger partial charge in [0.2, 0.25) is 5.91 Å². The van der Waals surface area contributed by atoms with Crippen molar-refractivity contribution in [2.75, 3.05) is 5.32 Å². The van der Waals surface area contributed by atoms with Crippen LogP contribution in [0, 0.1) is 0 Å². The summed E-state index contributed by atoms with van der Waals surface area (Å²) in [5, 5.41) is 9.81. The summed E-state index contributed by atoms with van der Waals surface area (Å²) in [6.45, 7) is 0. The highest BCUT2D eigenvalue weighted by molar-refractivity contribution is 7.03. The Morgan fingerprint density at radius 2 is 1.88 bits per heavy atom. The summed E-state index contributed by atoms with van der Waals surface area (Å²) in [4.78, 5) is 16.6. The van der Waals surface area contributed by atoms with Crippen LogP contribution >= 0.6 is 11.5 Å². The van der Waals surface area contributed by atoms with Crippen molar-refractivity contribution in [3.63, 3.8) is 0 Å². The molecule has 0 radical (unpaired) electrons. The Bertz CT molecular complexity index is 1070. The molecule has 6 heteroatoms. The van der Waals surface area contributed by atoms with Crippen LogP contribution in [0.2, 0.25) is 0 Å². The number of carbonyl (C=O) groups is 1. The van der Waals surface area contributed by atoms with E-state index >= 15 is 0 Å². The fourth-order valence-electron chi connectivity index (χ4n) is 2.63. The number of hydrogen-bond acceptors (Lipinski definition) is 5. The highest BCUT2D eigenvalue weighted by Crippen LogP contribution is 2.20. The SMILES string of the molecule is O=C(/C=C/c1cccc2cccnc12)Nc1ccc(-c2csnn2)cc1. The molecule has 5 nitrogen and oxygen atoms in total. The van der Waals surface area contributed by atoms with Crippen molar-refractivity contribution in [3.8, 4) is 11.3 Å². The van der Waals surface area contributed by atoms with E-state index in [2.05, 4.69) is 19.9 Å². The summed E-state index contributed by atoms with van der Waals surface area (Å²) in [5.41, 5.74) is 4.30. The molecule has 0 aliphatic carbocycles. The third-order valence-electron chi connectivity index (χ3n) is 3.89. The van der Waals surface area contributed by atoms with E-state index in [-0.39, 0.29) is 5.91 Å². The van der Waals surface area contributed by atoms with Crippen molar-refractivity contribution in [1.82, 2.24) is 14.6 Å². The van der Waals surface area contributed by atoms with Crippen LogP contribution in [0.5, 0.6) is 0 Å². The van der Waals surface area contributed by atoms with Gasteiger partial charge in [0.15, 0.2) is 0 Å². The summed E-state index contributed by atoms with van der Waals surface area (Å²) in [6, 6.07) is 17.3. The molecule has 0 saturated heterocycles. The zero-order valence-electron chi connectivity index (χ0n) is 13.7. The van der Waals surface area contributed by atoms with Crippen LogP contribution in [0.3, 0.4) is 0 Å². The third-order valence-corrected chi connectivity index (χ3v) is 4.39. The Morgan fingerprint density at radius 3 is 2.69 bits per heavy atom. The minimum absolute atomic E-state index is 0.194. The first-order chi connectivity index (χ1) is 12.8. The lowest BCUT2D eigenvalue weighted by atomic mass is 10.1. The number of nitrogens with one attached hydrogen (secondary N) is 1. The molecule has 126 valence electrons. The van der Waals surface area contributed by atoms with E-state index in [1.54, 1.807) is 12.3 Å². The normalized spacial score (nSPS) is 11.1. The number of fused-ring (bicyclic) bond motifs is 1. The molecule has 2 aromatic heterocycles. The molecule has 4 aromatic rings. The zero-order chi connectivity index (χ0) is 17.8. The van der Waals surface area contributed by atoms with Crippen molar-refractivity contribution >= 4 is 40.1 Å². The Morgan fingerprint density at radius 1 is 1.04 bits per heavy atom. The second-order valence-electron chi connectivity index (χ2n) is 5.61. The predicted octanol–water partition coefficient (Wildman–Crippen LogP) is 4.41. The van der Waals surface area contributed by atoms with Crippen LogP contribution in [0.25, 0.3) is 28.2 Å². The molecule has 1 amide bonds. The molecule has 2 heterocycles. The number of benzene rings is 2. The van der Waals surface area contributed by atoms with Gasteiger partial charge in [0.25, 0.3) is 0 Å². The van der Waals surface area contributed by atoms with E-state index in [4.69, 9.17) is 0 Å². The standard InChI is InChI=1S/C20H14N4OS/c25-19(11-8-16-4-1-3-15-5-2-12-21-20(15)16)22-17-9-6-14(7-10-17)18-13-26-24-23-18/h1-13H,(H,22,25)/b11-8+. The number of para-hydroxylation sites is 1. The van der Waals surface area contributed by atoms with Gasteiger partial charge in [-0.05, 0) is 35.8 Å². The molecule has 0 aliphatic rings. The number of aromatic nitrogens is 3. The first-order valence-corrected chi connectivity index (χ1v) is 8.83. The molecule has 0 atom stereocenters. The summed E-state index contributed by atoms with van der Waals surface area (Å²) in [7, 11) is 0. The van der Waals surface area contributed by atoms with Gasteiger partial charge in [-0.15, -0.1) is 5.10 Å². The smallest absolute Gasteiger partial charge is 0.248 e. The van der Waals surface area contributed by atoms with Gasteiger partial charge in [0.05, 0.1) is 5.52 Å². The van der Waals surface area contributed by atoms with E-state index < -0.39 is 0 Å². The highest BCUT2D eigenvalue weighted by Gasteiger charge is 2.03. The van der Waals surface area contributed by atoms with Crippen LogP contribution in [0.4, 0.5) is 5.69 Å². The third kappa shape index (κ3) is 3.50. The Kier molecular flexibility index (Phi) is 4.49. The van der Waals surface area contributed by atoms with E-state index in [0.29, 0.717) is 0 Å². The number of nitrogens with zero attached hydrogens (tertiary/aromatic N) is 3. The maximum Gasteiger partial charge on any atom is 0.248 e. The minimum Gasteiger partial charge on any atom is -0.323 e. The Hall–Kier alpha value is -3.38. The number of pyridine rings is 1. The molecule has 0 spiro atoms. The molecule has 26 heavy (non-hydrogen) atoms. The van der Waals surface area contributed by atoms with Crippen LogP contribution in [0.15, 0.2) is 72.3 Å². The average molecular weight is 358 g/mol. The Labute approximate surface area is 154 Å². The maximum absolute atomic E-state index is 12.2. The second kappa shape index (κ2) is 7.25. The van der Waals surface area contributed by atoms with Gasteiger partial charge >= 0.3 is 0 Å². The van der Waals surface area contributed by atoms with Gasteiger partial charge in [0, 0.05) is 39.9 Å². The van der Waals surface area contributed by atoms with Crippen LogP contribution in [0.1, 0.15) is 5.56 Å². The largest absolute Gasteiger partial charge is 0.323 e. The molecule has 0 fully saturated rings. The predicted molar refractivity (Wildman–Crippen MR) is 105 cm³/mol. The maximum atomic E-state index is 12.2. The van der Waals surface area contributed by atoms with E-state index in [0.717, 1.165) is 33.4 Å². The second-order valence-corrected chi connectivity index (χ2v) is 6.22. The molecule has 0 bridgehead atoms. The lowest BCUT2D eigenvalue weighted by Crippen LogP contribution is -2.07.